The molecule has 0 aliphatic heterocycles. The maximum Gasteiger partial charge on any atom is 0.408 e. The van der Waals surface area contributed by atoms with Gasteiger partial charge < -0.3 is 14.8 Å². The lowest BCUT2D eigenvalue weighted by Crippen LogP contribution is -2.34. The summed E-state index contributed by atoms with van der Waals surface area (Å²) in [6.07, 6.45) is 1.05. The molecule has 0 fully saturated rings. The lowest BCUT2D eigenvalue weighted by Gasteiger charge is -2.22. The van der Waals surface area contributed by atoms with Gasteiger partial charge in [-0.3, -0.25) is 4.57 Å². The number of carbonyl (C=O) groups is 1. The van der Waals surface area contributed by atoms with Crippen molar-refractivity contribution in [3.63, 3.8) is 0 Å². The number of amides is 1. The Hall–Kier alpha value is -3.16. The van der Waals surface area contributed by atoms with Crippen molar-refractivity contribution in [3.8, 4) is 11.6 Å². The van der Waals surface area contributed by atoms with E-state index in [1.807, 2.05) is 0 Å². The first kappa shape index (κ1) is 19.6. The molecular formula is C20H23FN4O3. The summed E-state index contributed by atoms with van der Waals surface area (Å²) in [4.78, 5) is 21.0. The number of alkyl carbamates (subject to hydrolysis) is 1. The Bertz CT molecular complexity index is 993. The second-order valence-electron chi connectivity index (χ2n) is 7.37. The van der Waals surface area contributed by atoms with Gasteiger partial charge in [-0.1, -0.05) is 0 Å². The van der Waals surface area contributed by atoms with Crippen LogP contribution in [-0.4, -0.2) is 33.3 Å². The number of pyridine rings is 1. The largest absolute Gasteiger partial charge is 0.481 e. The van der Waals surface area contributed by atoms with Crippen LogP contribution in [0.2, 0.25) is 0 Å². The van der Waals surface area contributed by atoms with E-state index in [1.54, 1.807) is 56.7 Å². The molecule has 0 radical (unpaired) electrons. The lowest BCUT2D eigenvalue weighted by molar-refractivity contribution is 0.0505. The van der Waals surface area contributed by atoms with Gasteiger partial charge in [0, 0.05) is 12.1 Å². The number of aromatic nitrogens is 3. The maximum atomic E-state index is 13.9. The van der Waals surface area contributed by atoms with E-state index in [-0.39, 0.29) is 5.82 Å². The summed E-state index contributed by atoms with van der Waals surface area (Å²) in [5, 5.41) is 2.78. The second-order valence-corrected chi connectivity index (χ2v) is 7.37. The van der Waals surface area contributed by atoms with Crippen LogP contribution in [0.1, 0.15) is 39.6 Å². The molecule has 1 unspecified atom stereocenters. The van der Waals surface area contributed by atoms with Crippen molar-refractivity contribution in [3.05, 3.63) is 48.2 Å². The minimum atomic E-state index is -0.618. The molecule has 3 rings (SSSR count). The molecular weight excluding hydrogens is 363 g/mol. The van der Waals surface area contributed by atoms with Crippen LogP contribution in [0.4, 0.5) is 9.18 Å². The van der Waals surface area contributed by atoms with Crippen molar-refractivity contribution in [2.45, 2.75) is 39.3 Å². The molecule has 148 valence electrons. The summed E-state index contributed by atoms with van der Waals surface area (Å²) < 4.78 is 26.1. The summed E-state index contributed by atoms with van der Waals surface area (Å²) in [7, 11) is 1.53. The van der Waals surface area contributed by atoms with E-state index >= 15 is 0 Å². The molecule has 1 atom stereocenters. The van der Waals surface area contributed by atoms with E-state index in [2.05, 4.69) is 15.3 Å². The number of methoxy groups -OCH3 is 1. The van der Waals surface area contributed by atoms with E-state index in [9.17, 15) is 9.18 Å². The zero-order valence-corrected chi connectivity index (χ0v) is 16.5. The first-order chi connectivity index (χ1) is 13.2. The zero-order chi connectivity index (χ0) is 20.5. The number of hydrogen-bond acceptors (Lipinski definition) is 5. The molecule has 1 aromatic carbocycles. The van der Waals surface area contributed by atoms with Crippen LogP contribution >= 0.6 is 0 Å². The highest BCUT2D eigenvalue weighted by molar-refractivity contribution is 5.79. The average molecular weight is 386 g/mol. The average Bonchev–Trinajstić information content (AvgIpc) is 2.98. The monoisotopic (exact) mass is 386 g/mol. The summed E-state index contributed by atoms with van der Waals surface area (Å²) >= 11 is 0. The third kappa shape index (κ3) is 4.21. The zero-order valence-electron chi connectivity index (χ0n) is 16.5. The Morgan fingerprint density at radius 2 is 2.00 bits per heavy atom. The van der Waals surface area contributed by atoms with Gasteiger partial charge in [0.15, 0.2) is 0 Å². The minimum Gasteiger partial charge on any atom is -0.481 e. The van der Waals surface area contributed by atoms with Crippen molar-refractivity contribution < 1.29 is 18.7 Å². The predicted octanol–water partition coefficient (Wildman–Crippen LogP) is 4.15. The van der Waals surface area contributed by atoms with Crippen molar-refractivity contribution in [1.82, 2.24) is 19.9 Å². The fraction of sp³-hybridized carbons (Fsp3) is 0.350. The molecule has 0 bridgehead atoms. The van der Waals surface area contributed by atoms with E-state index in [0.29, 0.717) is 28.4 Å². The molecule has 1 amide bonds. The van der Waals surface area contributed by atoms with E-state index in [4.69, 9.17) is 9.47 Å². The van der Waals surface area contributed by atoms with Gasteiger partial charge in [-0.05, 0) is 45.9 Å². The Morgan fingerprint density at radius 3 is 2.61 bits per heavy atom. The molecule has 28 heavy (non-hydrogen) atoms. The van der Waals surface area contributed by atoms with Crippen molar-refractivity contribution in [2.24, 2.45) is 0 Å². The normalized spacial score (nSPS) is 12.6. The summed E-state index contributed by atoms with van der Waals surface area (Å²) in [6, 6.07) is 7.35. The number of hydrogen-bond donors (Lipinski definition) is 1. The van der Waals surface area contributed by atoms with Crippen LogP contribution in [0.15, 0.2) is 36.5 Å². The number of ether oxygens (including phenoxy) is 2. The van der Waals surface area contributed by atoms with Crippen LogP contribution in [-0.2, 0) is 4.74 Å². The Balaban J connectivity index is 2.04. The number of halogens is 1. The van der Waals surface area contributed by atoms with Crippen LogP contribution in [0.5, 0.6) is 5.88 Å². The van der Waals surface area contributed by atoms with Gasteiger partial charge in [-0.2, -0.15) is 0 Å². The third-order valence-corrected chi connectivity index (χ3v) is 3.95. The molecule has 0 aliphatic rings. The summed E-state index contributed by atoms with van der Waals surface area (Å²) in [5.74, 6) is 0.605. The van der Waals surface area contributed by atoms with E-state index < -0.39 is 17.7 Å². The Morgan fingerprint density at radius 1 is 1.25 bits per heavy atom. The van der Waals surface area contributed by atoms with Gasteiger partial charge in [-0.15, -0.1) is 0 Å². The van der Waals surface area contributed by atoms with Crippen LogP contribution < -0.4 is 10.1 Å². The van der Waals surface area contributed by atoms with E-state index in [0.717, 1.165) is 0 Å². The summed E-state index contributed by atoms with van der Waals surface area (Å²) in [6.45, 7) is 7.16. The predicted molar refractivity (Wildman–Crippen MR) is 103 cm³/mol. The molecule has 0 spiro atoms. The summed E-state index contributed by atoms with van der Waals surface area (Å²) in [5.41, 5.74) is 1.22. The van der Waals surface area contributed by atoms with Crippen molar-refractivity contribution in [2.75, 3.05) is 7.11 Å². The van der Waals surface area contributed by atoms with E-state index in [1.165, 1.54) is 19.2 Å². The SMILES string of the molecule is COc1ccc(-n2c(C(C)NC(=O)OC(C)(C)C)nc3ccc(F)cc32)cn1. The first-order valence-electron chi connectivity index (χ1n) is 8.86. The number of carbonyl (C=O) groups excluding carboxylic acids is 1. The molecule has 3 aromatic rings. The standard InChI is InChI=1S/C20H23FN4O3/c1-12(23-19(26)28-20(2,3)4)18-24-15-8-6-13(21)10-16(15)25(18)14-7-9-17(27-5)22-11-14/h6-12H,1-5H3,(H,23,26). The molecule has 8 heteroatoms. The topological polar surface area (TPSA) is 78.3 Å². The first-order valence-corrected chi connectivity index (χ1v) is 8.86. The molecule has 0 saturated carbocycles. The number of benzene rings is 1. The maximum absolute atomic E-state index is 13.9. The van der Waals surface area contributed by atoms with Gasteiger partial charge >= 0.3 is 6.09 Å². The van der Waals surface area contributed by atoms with Gasteiger partial charge in [0.05, 0.1) is 36.1 Å². The van der Waals surface area contributed by atoms with Crippen LogP contribution in [0.3, 0.4) is 0 Å². The number of fused-ring (bicyclic) bond motifs is 1. The highest BCUT2D eigenvalue weighted by Gasteiger charge is 2.23. The van der Waals surface area contributed by atoms with Gasteiger partial charge in [-0.25, -0.2) is 19.2 Å². The highest BCUT2D eigenvalue weighted by atomic mass is 19.1. The molecule has 2 heterocycles. The molecule has 1 N–H and O–H groups in total. The fourth-order valence-corrected chi connectivity index (χ4v) is 2.80. The minimum absolute atomic E-state index is 0.380. The van der Waals surface area contributed by atoms with Crippen molar-refractivity contribution in [1.29, 1.82) is 0 Å². The Labute approximate surface area is 162 Å². The number of nitrogens with one attached hydrogen (secondary N) is 1. The number of nitrogens with zero attached hydrogens (tertiary/aromatic N) is 3. The number of imidazole rings is 1. The fourth-order valence-electron chi connectivity index (χ4n) is 2.80. The van der Waals surface area contributed by atoms with Gasteiger partial charge in [0.1, 0.15) is 17.2 Å². The van der Waals surface area contributed by atoms with Gasteiger partial charge in [0.2, 0.25) is 5.88 Å². The van der Waals surface area contributed by atoms with Crippen LogP contribution in [0.25, 0.3) is 16.7 Å². The number of rotatable bonds is 4. The Kier molecular flexibility index (Phi) is 5.22. The molecule has 0 aliphatic carbocycles. The smallest absolute Gasteiger partial charge is 0.408 e. The molecule has 0 saturated heterocycles. The van der Waals surface area contributed by atoms with Crippen molar-refractivity contribution >= 4 is 17.1 Å². The quantitative estimate of drug-likeness (QED) is 0.729. The second kappa shape index (κ2) is 7.46. The third-order valence-electron chi connectivity index (χ3n) is 3.95. The van der Waals surface area contributed by atoms with Gasteiger partial charge in [0.25, 0.3) is 0 Å². The molecule has 2 aromatic heterocycles. The van der Waals surface area contributed by atoms with Crippen LogP contribution in [0, 0.1) is 5.82 Å². The lowest BCUT2D eigenvalue weighted by atomic mass is 10.2. The molecule has 7 nitrogen and oxygen atoms in total. The highest BCUT2D eigenvalue weighted by Crippen LogP contribution is 2.26.